The van der Waals surface area contributed by atoms with Crippen molar-refractivity contribution in [1.29, 1.82) is 10.8 Å². The first-order chi connectivity index (χ1) is 15.5. The van der Waals surface area contributed by atoms with Crippen LogP contribution in [0.3, 0.4) is 0 Å². The number of rotatable bonds is 3. The van der Waals surface area contributed by atoms with Gasteiger partial charge in [0.05, 0.1) is 0 Å². The van der Waals surface area contributed by atoms with E-state index in [0.717, 1.165) is 38.6 Å². The Bertz CT molecular complexity index is 846. The molecule has 6 atom stereocenters. The van der Waals surface area contributed by atoms with E-state index < -0.39 is 11.2 Å². The number of Topliss-reactive ketones (excluding diaryl/α,β-unsaturated/α-hetero) is 1. The number of hydrogen-bond donors (Lipinski definition) is 6. The summed E-state index contributed by atoms with van der Waals surface area (Å²) in [6, 6.07) is 0. The van der Waals surface area contributed by atoms with Gasteiger partial charge in [0, 0.05) is 24.0 Å². The van der Waals surface area contributed by atoms with Gasteiger partial charge >= 0.3 is 0 Å². The van der Waals surface area contributed by atoms with Crippen molar-refractivity contribution in [3.05, 3.63) is 11.8 Å². The molecule has 192 valence electrons. The molecule has 9 heteroatoms. The lowest BCUT2D eigenvalue weighted by molar-refractivity contribution is -0.156. The summed E-state index contributed by atoms with van der Waals surface area (Å²) in [7, 11) is 0. The molecule has 0 amide bonds. The molecule has 4 aliphatic carbocycles. The number of carbonyl (C=O) groups is 2. The van der Waals surface area contributed by atoms with Crippen molar-refractivity contribution in [2.75, 3.05) is 6.54 Å². The number of guanidine groups is 2. The van der Waals surface area contributed by atoms with E-state index in [9.17, 15) is 14.7 Å². The number of unbranched alkanes of at least 4 members (excludes halogenated alkanes) is 1. The van der Waals surface area contributed by atoms with Crippen molar-refractivity contribution in [2.45, 2.75) is 78.6 Å². The summed E-state index contributed by atoms with van der Waals surface area (Å²) in [4.78, 5) is 24.8. The Morgan fingerprint density at radius 2 is 1.85 bits per heavy atom. The second-order valence-corrected chi connectivity index (χ2v) is 10.8. The largest absolute Gasteiger partial charge is 0.512 e. The molecule has 4 aliphatic rings. The van der Waals surface area contributed by atoms with Gasteiger partial charge in [-0.3, -0.25) is 25.7 Å². The Morgan fingerprint density at radius 1 is 1.15 bits per heavy atom. The lowest BCUT2D eigenvalue weighted by atomic mass is 9.45. The van der Waals surface area contributed by atoms with E-state index in [1.54, 1.807) is 0 Å². The summed E-state index contributed by atoms with van der Waals surface area (Å²) in [5.74, 6) is 0.711. The Balaban J connectivity index is 0.000000294. The normalized spacial score (nSPS) is 35.8. The lowest BCUT2D eigenvalue weighted by Crippen LogP contribution is -2.57. The minimum atomic E-state index is -0.664. The topological polar surface area (TPSA) is 152 Å². The van der Waals surface area contributed by atoms with Crippen LogP contribution in [0.4, 0.5) is 0 Å². The zero-order chi connectivity index (χ0) is 24.4. The van der Waals surface area contributed by atoms with Crippen LogP contribution in [0, 0.1) is 45.3 Å². The lowest BCUT2D eigenvalue weighted by Gasteiger charge is -2.57. The molecule has 0 bridgehead atoms. The first kappa shape index (κ1) is 28.1. The molecule has 1 unspecified atom stereocenters. The number of carbonyl (C=O) groups excluding carboxylic acids is 2. The molecule has 0 aromatic heterocycles. The van der Waals surface area contributed by atoms with Crippen LogP contribution in [-0.4, -0.2) is 35.1 Å². The fraction of sp³-hybridized carbons (Fsp3) is 0.760. The molecule has 7 N–H and O–H groups in total. The average Bonchev–Trinajstić information content (AvgIpc) is 3.14. The Morgan fingerprint density at radius 3 is 2.50 bits per heavy atom. The Labute approximate surface area is 209 Å². The standard InChI is InChI=1S/C19H26O3.C6H15N5.ClH/c1-18-8-3-4-12(18)11-5-6-14-15(20)10-16(21)17(22)19(14,2)13(11)7-9-18;1-2-3-4-10-6(9)11-5(7)8;/h10-14,20H,3-9H2,1-2H3;2-4H2,1H3,(H6,7,8,9,10,11);1H/t11-,12-,13-,14?,18-,19+;;/m0../s1. The zero-order valence-electron chi connectivity index (χ0n) is 20.7. The predicted octanol–water partition coefficient (Wildman–Crippen LogP) is 4.04. The molecule has 0 radical (unpaired) electrons. The fourth-order valence-electron chi connectivity index (χ4n) is 7.26. The smallest absolute Gasteiger partial charge is 0.225 e. The maximum Gasteiger partial charge on any atom is 0.225 e. The third kappa shape index (κ3) is 5.26. The quantitative estimate of drug-likeness (QED) is 0.150. The van der Waals surface area contributed by atoms with Crippen LogP contribution in [0.15, 0.2) is 11.8 Å². The number of allylic oxidation sites excluding steroid dienone is 2. The fourth-order valence-corrected chi connectivity index (χ4v) is 7.26. The van der Waals surface area contributed by atoms with Gasteiger partial charge in [-0.1, -0.05) is 33.6 Å². The number of aliphatic hydroxyl groups excluding tert-OH is 1. The zero-order valence-corrected chi connectivity index (χ0v) is 21.5. The molecule has 3 saturated carbocycles. The molecule has 0 aromatic carbocycles. The Kier molecular flexibility index (Phi) is 9.19. The maximum absolute atomic E-state index is 12.7. The van der Waals surface area contributed by atoms with Crippen LogP contribution in [0.2, 0.25) is 0 Å². The van der Waals surface area contributed by atoms with Crippen LogP contribution < -0.4 is 16.4 Å². The van der Waals surface area contributed by atoms with E-state index in [0.29, 0.717) is 17.3 Å². The highest BCUT2D eigenvalue weighted by Gasteiger charge is 2.62. The van der Waals surface area contributed by atoms with E-state index >= 15 is 0 Å². The highest BCUT2D eigenvalue weighted by atomic mass is 35.5. The second-order valence-electron chi connectivity index (χ2n) is 10.8. The van der Waals surface area contributed by atoms with Gasteiger partial charge in [0.25, 0.3) is 0 Å². The molecule has 8 nitrogen and oxygen atoms in total. The minimum Gasteiger partial charge on any atom is -0.512 e. The molecular weight excluding hydrogens is 454 g/mol. The van der Waals surface area contributed by atoms with Crippen molar-refractivity contribution in [2.24, 2.45) is 40.2 Å². The first-order valence-corrected chi connectivity index (χ1v) is 12.5. The van der Waals surface area contributed by atoms with Crippen molar-refractivity contribution in [3.8, 4) is 0 Å². The third-order valence-corrected chi connectivity index (χ3v) is 8.94. The van der Waals surface area contributed by atoms with Crippen LogP contribution in [0.5, 0.6) is 0 Å². The number of halogens is 1. The first-order valence-electron chi connectivity index (χ1n) is 12.5. The van der Waals surface area contributed by atoms with Gasteiger partial charge in [-0.25, -0.2) is 0 Å². The molecule has 34 heavy (non-hydrogen) atoms. The molecule has 0 saturated heterocycles. The average molecular weight is 496 g/mol. The van der Waals surface area contributed by atoms with E-state index in [-0.39, 0.29) is 47.7 Å². The molecule has 3 fully saturated rings. The minimum absolute atomic E-state index is 0. The van der Waals surface area contributed by atoms with Gasteiger partial charge in [0.1, 0.15) is 5.76 Å². The van der Waals surface area contributed by atoms with Gasteiger partial charge in [-0.2, -0.15) is 0 Å². The monoisotopic (exact) mass is 495 g/mol. The Hall–Kier alpha value is -2.09. The molecule has 0 aromatic rings. The van der Waals surface area contributed by atoms with Gasteiger partial charge in [-0.15, -0.1) is 12.4 Å². The number of nitrogens with one attached hydrogen (secondary N) is 4. The summed E-state index contributed by atoms with van der Waals surface area (Å²) >= 11 is 0. The molecule has 4 rings (SSSR count). The van der Waals surface area contributed by atoms with Gasteiger partial charge in [-0.05, 0) is 68.1 Å². The number of fused-ring (bicyclic) bond motifs is 5. The summed E-state index contributed by atoms with van der Waals surface area (Å²) in [6.07, 6.45) is 11.4. The van der Waals surface area contributed by atoms with Crippen LogP contribution in [-0.2, 0) is 9.59 Å². The van der Waals surface area contributed by atoms with Crippen molar-refractivity contribution in [3.63, 3.8) is 0 Å². The second kappa shape index (κ2) is 11.1. The number of hydrogen-bond acceptors (Lipinski definition) is 5. The van der Waals surface area contributed by atoms with Crippen molar-refractivity contribution >= 4 is 35.9 Å². The summed E-state index contributed by atoms with van der Waals surface area (Å²) in [5, 5.41) is 29.3. The number of ketones is 2. The summed E-state index contributed by atoms with van der Waals surface area (Å²) in [6.45, 7) is 7.22. The maximum atomic E-state index is 12.7. The molecule has 0 aliphatic heterocycles. The van der Waals surface area contributed by atoms with E-state index in [1.807, 2.05) is 6.92 Å². The highest BCUT2D eigenvalue weighted by molar-refractivity contribution is 6.44. The highest BCUT2D eigenvalue weighted by Crippen LogP contribution is 2.65. The van der Waals surface area contributed by atoms with Crippen LogP contribution in [0.1, 0.15) is 78.6 Å². The molecule has 0 heterocycles. The van der Waals surface area contributed by atoms with Gasteiger partial charge in [0.2, 0.25) is 11.6 Å². The molecule has 0 spiro atoms. The SMILES string of the molecule is CCCCNC(=N)NC(=N)N.C[C@@]12CCC[C@H]1[C@@H]1CCC3C(O)=CC(=O)C(=O)[C@]3(C)[C@H]1CC2.Cl. The molecular formula is C25H42ClN5O3. The van der Waals surface area contributed by atoms with Crippen molar-refractivity contribution in [1.82, 2.24) is 10.6 Å². The van der Waals surface area contributed by atoms with E-state index in [2.05, 4.69) is 24.5 Å². The number of aliphatic hydroxyl groups is 1. The van der Waals surface area contributed by atoms with Gasteiger partial charge in [0.15, 0.2) is 11.9 Å². The number of nitrogens with two attached hydrogens (primary N) is 1. The van der Waals surface area contributed by atoms with Crippen molar-refractivity contribution < 1.29 is 14.7 Å². The van der Waals surface area contributed by atoms with Crippen LogP contribution >= 0.6 is 12.4 Å². The van der Waals surface area contributed by atoms with E-state index in [4.69, 9.17) is 16.6 Å². The van der Waals surface area contributed by atoms with Crippen LogP contribution in [0.25, 0.3) is 0 Å². The predicted molar refractivity (Wildman–Crippen MR) is 136 cm³/mol. The summed E-state index contributed by atoms with van der Waals surface area (Å²) in [5.41, 5.74) is 4.77. The van der Waals surface area contributed by atoms with Gasteiger partial charge < -0.3 is 16.2 Å². The summed E-state index contributed by atoms with van der Waals surface area (Å²) < 4.78 is 0. The van der Waals surface area contributed by atoms with E-state index in [1.165, 1.54) is 31.8 Å². The third-order valence-electron chi connectivity index (χ3n) is 8.94.